The number of rotatable bonds is 9. The summed E-state index contributed by atoms with van der Waals surface area (Å²) in [5, 5.41) is 6.03. The number of carbonyl (C=O) groups is 1. The highest BCUT2D eigenvalue weighted by molar-refractivity contribution is 5.78. The van der Waals surface area contributed by atoms with E-state index < -0.39 is 11.9 Å². The third kappa shape index (κ3) is 6.75. The third-order valence-electron chi connectivity index (χ3n) is 5.48. The molecule has 3 aromatic rings. The zero-order chi connectivity index (χ0) is 23.8. The monoisotopic (exact) mass is 468 g/mol. The predicted molar refractivity (Wildman–Crippen MR) is 122 cm³/mol. The second-order valence-electron chi connectivity index (χ2n) is 7.93. The Bertz CT molecular complexity index is 1110. The summed E-state index contributed by atoms with van der Waals surface area (Å²) in [5.74, 6) is -1.46. The molecule has 0 spiro atoms. The highest BCUT2D eigenvalue weighted by atomic mass is 19.1. The van der Waals surface area contributed by atoms with Gasteiger partial charge < -0.3 is 15.4 Å². The molecular formula is C24H26F2N6O2. The standard InChI is InChI=1S/C24H26F2N6O2/c25-21-13-18(5-6-28-21)15-29-22(33)14-17-1-3-19(4-2-17)20-16-30-24(31-23(20)26)34-12-11-32-9-7-27-8-10-32/h1-6,13,16,27H,7-12,14-15H2,(H,29,33). The van der Waals surface area contributed by atoms with Crippen molar-refractivity contribution in [3.63, 3.8) is 0 Å². The van der Waals surface area contributed by atoms with E-state index in [1.165, 1.54) is 18.5 Å². The van der Waals surface area contributed by atoms with Crippen molar-refractivity contribution >= 4 is 5.91 Å². The van der Waals surface area contributed by atoms with Crippen LogP contribution in [0.2, 0.25) is 0 Å². The highest BCUT2D eigenvalue weighted by Crippen LogP contribution is 2.23. The van der Waals surface area contributed by atoms with E-state index in [2.05, 4.69) is 30.5 Å². The summed E-state index contributed by atoms with van der Waals surface area (Å²) in [6.07, 6.45) is 2.90. The molecular weight excluding hydrogens is 442 g/mol. The van der Waals surface area contributed by atoms with Crippen LogP contribution in [0.4, 0.5) is 8.78 Å². The van der Waals surface area contributed by atoms with Crippen molar-refractivity contribution in [1.29, 1.82) is 0 Å². The average Bonchev–Trinajstić information content (AvgIpc) is 2.84. The van der Waals surface area contributed by atoms with Crippen LogP contribution in [-0.2, 0) is 17.8 Å². The number of ether oxygens (including phenoxy) is 1. The maximum absolute atomic E-state index is 14.6. The van der Waals surface area contributed by atoms with Crippen molar-refractivity contribution in [2.24, 2.45) is 0 Å². The molecule has 0 aliphatic carbocycles. The molecule has 178 valence electrons. The van der Waals surface area contributed by atoms with E-state index in [1.54, 1.807) is 30.3 Å². The van der Waals surface area contributed by atoms with Crippen LogP contribution in [0.15, 0.2) is 48.8 Å². The van der Waals surface area contributed by atoms with Gasteiger partial charge in [0.05, 0.1) is 12.0 Å². The molecule has 34 heavy (non-hydrogen) atoms. The lowest BCUT2D eigenvalue weighted by Gasteiger charge is -2.26. The molecule has 0 radical (unpaired) electrons. The van der Waals surface area contributed by atoms with Gasteiger partial charge in [-0.15, -0.1) is 0 Å². The molecule has 1 fully saturated rings. The van der Waals surface area contributed by atoms with Gasteiger partial charge in [-0.1, -0.05) is 24.3 Å². The van der Waals surface area contributed by atoms with Crippen molar-refractivity contribution in [2.45, 2.75) is 13.0 Å². The van der Waals surface area contributed by atoms with E-state index in [9.17, 15) is 13.6 Å². The van der Waals surface area contributed by atoms with Crippen LogP contribution < -0.4 is 15.4 Å². The summed E-state index contributed by atoms with van der Waals surface area (Å²) in [7, 11) is 0. The summed E-state index contributed by atoms with van der Waals surface area (Å²) >= 11 is 0. The lowest BCUT2D eigenvalue weighted by atomic mass is 10.0. The number of piperazine rings is 1. The molecule has 0 unspecified atom stereocenters. The lowest BCUT2D eigenvalue weighted by molar-refractivity contribution is -0.120. The molecule has 0 atom stereocenters. The number of nitrogens with one attached hydrogen (secondary N) is 2. The number of carbonyl (C=O) groups excluding carboxylic acids is 1. The van der Waals surface area contributed by atoms with Gasteiger partial charge >= 0.3 is 6.01 Å². The minimum Gasteiger partial charge on any atom is -0.462 e. The Hall–Kier alpha value is -3.50. The van der Waals surface area contributed by atoms with Crippen LogP contribution in [-0.4, -0.2) is 65.1 Å². The summed E-state index contributed by atoms with van der Waals surface area (Å²) in [6, 6.07) is 9.85. The maximum Gasteiger partial charge on any atom is 0.319 e. The number of benzene rings is 1. The lowest BCUT2D eigenvalue weighted by Crippen LogP contribution is -2.44. The molecule has 1 amide bonds. The van der Waals surface area contributed by atoms with Crippen LogP contribution in [0, 0.1) is 11.9 Å². The maximum atomic E-state index is 14.6. The number of amides is 1. The Kier molecular flexibility index (Phi) is 8.05. The Morgan fingerprint density at radius 3 is 2.62 bits per heavy atom. The van der Waals surface area contributed by atoms with Crippen molar-refractivity contribution in [3.8, 4) is 17.1 Å². The Balaban J connectivity index is 1.28. The average molecular weight is 469 g/mol. The fourth-order valence-corrected chi connectivity index (χ4v) is 3.61. The number of pyridine rings is 1. The quantitative estimate of drug-likeness (QED) is 0.366. The van der Waals surface area contributed by atoms with Crippen LogP contribution in [0.25, 0.3) is 11.1 Å². The first-order valence-electron chi connectivity index (χ1n) is 11.1. The van der Waals surface area contributed by atoms with Gasteiger partial charge in [-0.2, -0.15) is 13.8 Å². The van der Waals surface area contributed by atoms with Crippen molar-refractivity contribution in [2.75, 3.05) is 39.3 Å². The molecule has 10 heteroatoms. The molecule has 2 aromatic heterocycles. The number of hydrogen-bond donors (Lipinski definition) is 2. The summed E-state index contributed by atoms with van der Waals surface area (Å²) in [6.45, 7) is 5.17. The Morgan fingerprint density at radius 1 is 1.09 bits per heavy atom. The minimum atomic E-state index is -0.665. The van der Waals surface area contributed by atoms with E-state index in [0.29, 0.717) is 17.7 Å². The smallest absolute Gasteiger partial charge is 0.319 e. The number of hydrogen-bond acceptors (Lipinski definition) is 7. The van der Waals surface area contributed by atoms with E-state index in [1.807, 2.05) is 0 Å². The molecule has 1 aliphatic heterocycles. The second kappa shape index (κ2) is 11.6. The highest BCUT2D eigenvalue weighted by Gasteiger charge is 2.13. The summed E-state index contributed by atoms with van der Waals surface area (Å²) < 4.78 is 33.2. The van der Waals surface area contributed by atoms with Gasteiger partial charge in [0.25, 0.3) is 0 Å². The van der Waals surface area contributed by atoms with Gasteiger partial charge in [0.2, 0.25) is 17.8 Å². The van der Waals surface area contributed by atoms with Crippen molar-refractivity contribution in [1.82, 2.24) is 30.5 Å². The predicted octanol–water partition coefficient (Wildman–Crippen LogP) is 1.96. The van der Waals surface area contributed by atoms with Crippen LogP contribution in [0.3, 0.4) is 0 Å². The van der Waals surface area contributed by atoms with Gasteiger partial charge in [0, 0.05) is 51.7 Å². The largest absolute Gasteiger partial charge is 0.462 e. The third-order valence-corrected chi connectivity index (χ3v) is 5.48. The first-order valence-corrected chi connectivity index (χ1v) is 11.1. The van der Waals surface area contributed by atoms with Gasteiger partial charge in [-0.25, -0.2) is 9.97 Å². The molecule has 1 saturated heterocycles. The van der Waals surface area contributed by atoms with Crippen LogP contribution >= 0.6 is 0 Å². The molecule has 4 rings (SSSR count). The molecule has 1 aromatic carbocycles. The molecule has 1 aliphatic rings. The number of nitrogens with zero attached hydrogens (tertiary/aromatic N) is 4. The van der Waals surface area contributed by atoms with Gasteiger partial charge in [-0.05, 0) is 28.8 Å². The first kappa shape index (κ1) is 23.7. The SMILES string of the molecule is O=C(Cc1ccc(-c2cnc(OCCN3CCNCC3)nc2F)cc1)NCc1ccnc(F)c1. The molecule has 8 nitrogen and oxygen atoms in total. The van der Waals surface area contributed by atoms with Gasteiger partial charge in [0.1, 0.15) is 6.61 Å². The Morgan fingerprint density at radius 2 is 1.88 bits per heavy atom. The fraction of sp³-hybridized carbons (Fsp3) is 0.333. The van der Waals surface area contributed by atoms with E-state index in [-0.39, 0.29) is 30.4 Å². The molecule has 3 heterocycles. The molecule has 0 bridgehead atoms. The van der Waals surface area contributed by atoms with Crippen LogP contribution in [0.5, 0.6) is 6.01 Å². The van der Waals surface area contributed by atoms with Crippen LogP contribution in [0.1, 0.15) is 11.1 Å². The summed E-state index contributed by atoms with van der Waals surface area (Å²) in [5.41, 5.74) is 2.24. The van der Waals surface area contributed by atoms with Crippen molar-refractivity contribution in [3.05, 3.63) is 71.8 Å². The normalized spacial score (nSPS) is 14.1. The van der Waals surface area contributed by atoms with Gasteiger partial charge in [-0.3, -0.25) is 9.69 Å². The first-order chi connectivity index (χ1) is 16.6. The van der Waals surface area contributed by atoms with Gasteiger partial charge in [0.15, 0.2) is 0 Å². The van der Waals surface area contributed by atoms with E-state index in [0.717, 1.165) is 38.3 Å². The second-order valence-corrected chi connectivity index (χ2v) is 7.93. The molecule has 2 N–H and O–H groups in total. The van der Waals surface area contributed by atoms with E-state index >= 15 is 0 Å². The number of halogens is 2. The molecule has 0 saturated carbocycles. The topological polar surface area (TPSA) is 92.3 Å². The van der Waals surface area contributed by atoms with Crippen molar-refractivity contribution < 1.29 is 18.3 Å². The zero-order valence-corrected chi connectivity index (χ0v) is 18.6. The fourth-order valence-electron chi connectivity index (χ4n) is 3.61. The zero-order valence-electron chi connectivity index (χ0n) is 18.6. The summed E-state index contributed by atoms with van der Waals surface area (Å²) in [4.78, 5) is 25.9. The van der Waals surface area contributed by atoms with E-state index in [4.69, 9.17) is 4.74 Å². The number of aromatic nitrogens is 3. The Labute approximate surface area is 196 Å². The minimum absolute atomic E-state index is 0.0127.